The molecule has 0 radical (unpaired) electrons. The number of hydrogen-bond donors (Lipinski definition) is 1. The number of aryl methyl sites for hydroxylation is 4. The van der Waals surface area contributed by atoms with E-state index in [0.29, 0.717) is 80.2 Å². The zero-order valence-electron chi connectivity index (χ0n) is 40.5. The minimum Gasteiger partial charge on any atom is -0.489 e. The minimum atomic E-state index is -0.470. The molecule has 0 aliphatic carbocycles. The van der Waals surface area contributed by atoms with Crippen LogP contribution in [0.3, 0.4) is 0 Å². The van der Waals surface area contributed by atoms with Crippen molar-refractivity contribution in [1.29, 1.82) is 0 Å². The number of aromatic nitrogens is 6. The van der Waals surface area contributed by atoms with Crippen molar-refractivity contribution in [3.8, 4) is 23.0 Å². The molecule has 17 nitrogen and oxygen atoms in total. The fourth-order valence-electron chi connectivity index (χ4n) is 9.48. The number of ether oxygens (including phenoxy) is 4. The lowest BCUT2D eigenvalue weighted by Gasteiger charge is -2.31. The Balaban J connectivity index is 0.775. The summed E-state index contributed by atoms with van der Waals surface area (Å²) >= 11 is 0. The number of benzene rings is 6. The van der Waals surface area contributed by atoms with E-state index in [4.69, 9.17) is 18.9 Å². The van der Waals surface area contributed by atoms with Gasteiger partial charge in [-0.1, -0.05) is 48.5 Å². The maximum atomic E-state index is 14.0. The SMILES string of the molecule is Cn1n[n+]2cc1COc1ccc(cc1)COc1ccc(cc1)CNCc1ccc(cc1)OCc1ccc(cc1)OCc1c[n+](n(C)n1)CCCN1C(=O)c3ccc4c5c(ccc(c35)C1=O)C(=O)N(CCC2)C4=O. The Hall–Kier alpha value is -8.70. The highest BCUT2D eigenvalue weighted by Gasteiger charge is 2.39. The van der Waals surface area contributed by atoms with Crippen LogP contribution in [-0.2, 0) is 66.7 Å². The normalized spacial score (nSPS) is 15.9. The van der Waals surface area contributed by atoms with Crippen molar-refractivity contribution in [1.82, 2.24) is 34.9 Å². The first-order valence-corrected chi connectivity index (χ1v) is 24.4. The Morgan fingerprint density at radius 3 is 1.36 bits per heavy atom. The highest BCUT2D eigenvalue weighted by molar-refractivity contribution is 6.33. The van der Waals surface area contributed by atoms with E-state index in [1.54, 1.807) is 38.4 Å². The molecule has 0 atom stereocenters. The fraction of sp³-hybridized carbons (Fsp3) is 0.250. The Labute approximate surface area is 420 Å². The van der Waals surface area contributed by atoms with Crippen molar-refractivity contribution in [3.05, 3.63) is 190 Å². The molecule has 16 aliphatic heterocycles. The van der Waals surface area contributed by atoms with E-state index in [1.807, 2.05) is 104 Å². The Bertz CT molecular complexity index is 3320. The quantitative estimate of drug-likeness (QED) is 0.136. The zero-order valence-corrected chi connectivity index (χ0v) is 40.5. The maximum Gasteiger partial charge on any atom is 0.261 e. The topological polar surface area (TPSA) is 167 Å². The second-order valence-corrected chi connectivity index (χ2v) is 18.4. The number of carbonyl (C=O) groups excluding carboxylic acids is 4. The van der Waals surface area contributed by atoms with Crippen LogP contribution in [0.5, 0.6) is 23.0 Å². The smallest absolute Gasteiger partial charge is 0.261 e. The molecule has 0 spiro atoms. The molecule has 24 rings (SSSR count). The molecule has 2 aromatic heterocycles. The van der Waals surface area contributed by atoms with Gasteiger partial charge in [0, 0.05) is 77.1 Å². The molecule has 1 N–H and O–H groups in total. The molecule has 368 valence electrons. The van der Waals surface area contributed by atoms with Crippen LogP contribution in [0, 0.1) is 0 Å². The monoisotopic (exact) mass is 979 g/mol. The third-order valence-corrected chi connectivity index (χ3v) is 13.4. The van der Waals surface area contributed by atoms with Crippen molar-refractivity contribution in [3.63, 3.8) is 0 Å². The summed E-state index contributed by atoms with van der Waals surface area (Å²) < 4.78 is 29.8. The molecule has 73 heavy (non-hydrogen) atoms. The van der Waals surface area contributed by atoms with Gasteiger partial charge in [0.15, 0.2) is 25.6 Å². The average Bonchev–Trinajstić information content (AvgIpc) is 3.96. The van der Waals surface area contributed by atoms with E-state index in [2.05, 4.69) is 39.9 Å². The minimum absolute atomic E-state index is 0.144. The van der Waals surface area contributed by atoms with Crippen LogP contribution >= 0.6 is 0 Å². The van der Waals surface area contributed by atoms with Crippen molar-refractivity contribution in [2.24, 2.45) is 14.1 Å². The number of imide groups is 2. The van der Waals surface area contributed by atoms with Crippen molar-refractivity contribution in [2.75, 3.05) is 13.1 Å². The van der Waals surface area contributed by atoms with Crippen LogP contribution in [0.4, 0.5) is 0 Å². The molecule has 0 unspecified atom stereocenters. The van der Waals surface area contributed by atoms with Gasteiger partial charge in [0.05, 0.1) is 12.3 Å². The van der Waals surface area contributed by atoms with E-state index in [-0.39, 0.29) is 48.6 Å². The molecular formula is C56H53N9O8+2. The number of nitrogens with zero attached hydrogens (tertiary/aromatic N) is 8. The number of amides is 4. The van der Waals surface area contributed by atoms with E-state index in [1.165, 1.54) is 9.80 Å². The van der Waals surface area contributed by atoms with Gasteiger partial charge in [-0.3, -0.25) is 29.0 Å². The highest BCUT2D eigenvalue weighted by atomic mass is 16.5. The first-order chi connectivity index (χ1) is 35.6. The van der Waals surface area contributed by atoms with Crippen molar-refractivity contribution >= 4 is 34.4 Å². The van der Waals surface area contributed by atoms with Gasteiger partial charge < -0.3 is 24.3 Å². The van der Waals surface area contributed by atoms with E-state index in [0.717, 1.165) is 39.4 Å². The number of carbonyl (C=O) groups is 4. The van der Waals surface area contributed by atoms with E-state index < -0.39 is 23.6 Å². The van der Waals surface area contributed by atoms with Crippen LogP contribution < -0.4 is 33.6 Å². The second kappa shape index (κ2) is 20.2. The molecule has 20 bridgehead atoms. The first kappa shape index (κ1) is 46.7. The van der Waals surface area contributed by atoms with Gasteiger partial charge in [-0.2, -0.15) is 4.68 Å². The zero-order chi connectivity index (χ0) is 50.0. The van der Waals surface area contributed by atoms with E-state index in [9.17, 15) is 19.2 Å². The Morgan fingerprint density at radius 2 is 0.890 bits per heavy atom. The molecule has 0 fully saturated rings. The summed E-state index contributed by atoms with van der Waals surface area (Å²) in [6.07, 6.45) is 4.67. The lowest BCUT2D eigenvalue weighted by atomic mass is 9.86. The molecule has 8 aromatic rings. The first-order valence-electron chi connectivity index (χ1n) is 24.4. The third-order valence-electron chi connectivity index (χ3n) is 13.4. The summed E-state index contributed by atoms with van der Waals surface area (Å²) in [5, 5.41) is 13.4. The fourth-order valence-corrected chi connectivity index (χ4v) is 9.48. The van der Waals surface area contributed by atoms with Crippen LogP contribution in [0.2, 0.25) is 0 Å². The van der Waals surface area contributed by atoms with Crippen LogP contribution in [0.15, 0.2) is 134 Å². The summed E-state index contributed by atoms with van der Waals surface area (Å²) in [6.45, 7) is 3.98. The molecule has 0 saturated heterocycles. The average molecular weight is 980 g/mol. The third kappa shape index (κ3) is 9.86. The Morgan fingerprint density at radius 1 is 0.479 bits per heavy atom. The predicted molar refractivity (Wildman–Crippen MR) is 264 cm³/mol. The van der Waals surface area contributed by atoms with Gasteiger partial charge in [0.25, 0.3) is 29.3 Å². The largest absolute Gasteiger partial charge is 0.489 e. The molecule has 18 heterocycles. The van der Waals surface area contributed by atoms with Gasteiger partial charge in [-0.25, -0.2) is 0 Å². The van der Waals surface area contributed by atoms with Gasteiger partial charge >= 0.3 is 0 Å². The van der Waals surface area contributed by atoms with Crippen molar-refractivity contribution in [2.45, 2.75) is 65.4 Å². The number of rotatable bonds is 0. The number of nitrogens with one attached hydrogen (secondary N) is 1. The predicted octanol–water partition coefficient (Wildman–Crippen LogP) is 6.17. The van der Waals surface area contributed by atoms with Crippen LogP contribution in [0.25, 0.3) is 10.8 Å². The summed E-state index contributed by atoms with van der Waals surface area (Å²) in [4.78, 5) is 60.2. The summed E-state index contributed by atoms with van der Waals surface area (Å²) in [6, 6.07) is 38.1. The summed E-state index contributed by atoms with van der Waals surface area (Å²) in [7, 11) is 3.66. The van der Waals surface area contributed by atoms with Crippen LogP contribution in [-0.4, -0.2) is 66.3 Å². The molecule has 0 saturated carbocycles. The summed E-state index contributed by atoms with van der Waals surface area (Å²) in [5.74, 6) is 1.09. The van der Waals surface area contributed by atoms with Gasteiger partial charge in [-0.15, -0.1) is 9.36 Å². The Kier molecular flexibility index (Phi) is 12.9. The van der Waals surface area contributed by atoms with Crippen LogP contribution in [0.1, 0.15) is 87.9 Å². The lowest BCUT2D eigenvalue weighted by Crippen LogP contribution is -2.46. The number of hydrogen-bond acceptors (Lipinski definition) is 11. The summed E-state index contributed by atoms with van der Waals surface area (Å²) in [5.41, 5.74) is 6.99. The van der Waals surface area contributed by atoms with E-state index >= 15 is 0 Å². The second-order valence-electron chi connectivity index (χ2n) is 18.4. The molecule has 4 amide bonds. The molecule has 17 heteroatoms. The molecular weight excluding hydrogens is 927 g/mol. The van der Waals surface area contributed by atoms with Gasteiger partial charge in [-0.05, 0) is 99.8 Å². The maximum absolute atomic E-state index is 14.0. The van der Waals surface area contributed by atoms with Gasteiger partial charge in [0.2, 0.25) is 5.69 Å². The lowest BCUT2D eigenvalue weighted by molar-refractivity contribution is -0.777. The molecule has 6 aromatic carbocycles. The molecule has 16 aliphatic rings. The van der Waals surface area contributed by atoms with Gasteiger partial charge in [0.1, 0.15) is 56.3 Å². The van der Waals surface area contributed by atoms with Crippen molar-refractivity contribution < 1.29 is 47.5 Å². The standard InChI is InChI=1S/C56H53N9O8/c1-60-42-32-62(59-60)25-3-27-64-53(66)47-21-23-49-52-50(24-22-48(51(47)52)54(64)67)56(69)65(55(49)68)28-4-26-63-31-41(58-61(63)2)35-72-45-17-9-39(10-18-45)33-70-43-13-5-37(6-14-43)29-57-30-38-7-15-44(16-8-38)71-34-40-11-19-46(20-12-40)73-36-42/h5-24,31-32,57H,3-4,25-30,33-36H2,1-2H3/q+2. The highest BCUT2D eigenvalue weighted by Crippen LogP contribution is 2.38.